The van der Waals surface area contributed by atoms with Crippen LogP contribution in [0.15, 0.2) is 18.2 Å². The summed E-state index contributed by atoms with van der Waals surface area (Å²) in [6, 6.07) is 4.46. The van der Waals surface area contributed by atoms with Gasteiger partial charge in [0.25, 0.3) is 0 Å². The Morgan fingerprint density at radius 3 is 2.53 bits per heavy atom. The van der Waals surface area contributed by atoms with Crippen molar-refractivity contribution in [1.82, 2.24) is 0 Å². The van der Waals surface area contributed by atoms with E-state index in [1.807, 2.05) is 6.92 Å². The number of hydrogen-bond donors (Lipinski definition) is 3. The van der Waals surface area contributed by atoms with Crippen LogP contribution in [-0.4, -0.2) is 30.1 Å². The van der Waals surface area contributed by atoms with Crippen LogP contribution in [0.4, 0.5) is 11.4 Å². The van der Waals surface area contributed by atoms with Crippen molar-refractivity contribution in [2.45, 2.75) is 19.8 Å². The molecular formula is C13H19N3O3. The van der Waals surface area contributed by atoms with Gasteiger partial charge in [-0.3, -0.25) is 4.79 Å². The maximum absolute atomic E-state index is 11.1. The maximum atomic E-state index is 11.1. The van der Waals surface area contributed by atoms with E-state index in [0.717, 1.165) is 12.8 Å². The average molecular weight is 265 g/mol. The van der Waals surface area contributed by atoms with Crippen LogP contribution in [0.1, 0.15) is 30.1 Å². The summed E-state index contributed by atoms with van der Waals surface area (Å²) in [5.41, 5.74) is 12.2. The predicted octanol–water partition coefficient (Wildman–Crippen LogP) is 1.06. The van der Waals surface area contributed by atoms with Crippen molar-refractivity contribution in [3.8, 4) is 0 Å². The van der Waals surface area contributed by atoms with Crippen LogP contribution < -0.4 is 16.4 Å². The number of benzene rings is 1. The number of nitrogens with two attached hydrogens (primary N) is 2. The van der Waals surface area contributed by atoms with Gasteiger partial charge in [-0.25, -0.2) is 4.79 Å². The van der Waals surface area contributed by atoms with Gasteiger partial charge in [0.2, 0.25) is 5.91 Å². The van der Waals surface area contributed by atoms with Crippen molar-refractivity contribution in [1.29, 1.82) is 0 Å². The molecule has 104 valence electrons. The van der Waals surface area contributed by atoms with Crippen molar-refractivity contribution in [3.05, 3.63) is 23.8 Å². The van der Waals surface area contributed by atoms with Gasteiger partial charge in [-0.1, -0.05) is 13.3 Å². The van der Waals surface area contributed by atoms with Crippen molar-refractivity contribution in [3.63, 3.8) is 0 Å². The van der Waals surface area contributed by atoms with Crippen LogP contribution >= 0.6 is 0 Å². The lowest BCUT2D eigenvalue weighted by Crippen LogP contribution is -2.35. The Morgan fingerprint density at radius 2 is 2.05 bits per heavy atom. The molecule has 0 bridgehead atoms. The standard InChI is InChI=1S/C13H19N3O3/c1-2-3-6-16(8-12(15)17)11-5-4-9(13(18)19)7-10(11)14/h4-5,7H,2-3,6,8,14H2,1H3,(H2,15,17)(H,18,19). The number of primary amides is 1. The molecule has 1 rings (SSSR count). The molecule has 5 N–H and O–H groups in total. The first-order valence-electron chi connectivity index (χ1n) is 6.11. The minimum Gasteiger partial charge on any atom is -0.478 e. The summed E-state index contributed by atoms with van der Waals surface area (Å²) in [4.78, 5) is 23.7. The second-order valence-corrected chi connectivity index (χ2v) is 4.32. The Morgan fingerprint density at radius 1 is 1.37 bits per heavy atom. The van der Waals surface area contributed by atoms with E-state index in [-0.39, 0.29) is 12.1 Å². The summed E-state index contributed by atoms with van der Waals surface area (Å²) in [5, 5.41) is 8.88. The van der Waals surface area contributed by atoms with Crippen LogP contribution in [-0.2, 0) is 4.79 Å². The highest BCUT2D eigenvalue weighted by atomic mass is 16.4. The molecule has 1 aromatic rings. The average Bonchev–Trinajstić information content (AvgIpc) is 2.34. The quantitative estimate of drug-likeness (QED) is 0.638. The third-order valence-electron chi connectivity index (χ3n) is 2.74. The number of nitrogen functional groups attached to an aromatic ring is 1. The Labute approximate surface area is 112 Å². The lowest BCUT2D eigenvalue weighted by atomic mass is 10.1. The largest absolute Gasteiger partial charge is 0.478 e. The van der Waals surface area contributed by atoms with Gasteiger partial charge in [-0.15, -0.1) is 0 Å². The lowest BCUT2D eigenvalue weighted by Gasteiger charge is -2.24. The zero-order chi connectivity index (χ0) is 14.4. The number of carboxylic acids is 1. The summed E-state index contributed by atoms with van der Waals surface area (Å²) >= 11 is 0. The molecule has 0 aliphatic carbocycles. The van der Waals surface area contributed by atoms with E-state index < -0.39 is 11.9 Å². The zero-order valence-corrected chi connectivity index (χ0v) is 10.9. The molecule has 0 spiro atoms. The topological polar surface area (TPSA) is 110 Å². The second-order valence-electron chi connectivity index (χ2n) is 4.32. The van der Waals surface area contributed by atoms with Crippen molar-refractivity contribution >= 4 is 23.3 Å². The van der Waals surface area contributed by atoms with Crippen molar-refractivity contribution in [2.75, 3.05) is 23.7 Å². The van der Waals surface area contributed by atoms with E-state index in [1.54, 1.807) is 11.0 Å². The number of rotatable bonds is 7. The predicted molar refractivity (Wildman–Crippen MR) is 74.1 cm³/mol. The zero-order valence-electron chi connectivity index (χ0n) is 10.9. The summed E-state index contributed by atoms with van der Waals surface area (Å²) < 4.78 is 0. The van der Waals surface area contributed by atoms with Crippen molar-refractivity contribution < 1.29 is 14.7 Å². The molecule has 1 aromatic carbocycles. The summed E-state index contributed by atoms with van der Waals surface area (Å²) in [6.07, 6.45) is 1.87. The first-order valence-corrected chi connectivity index (χ1v) is 6.11. The molecule has 6 nitrogen and oxygen atoms in total. The highest BCUT2D eigenvalue weighted by Gasteiger charge is 2.14. The van der Waals surface area contributed by atoms with Crippen LogP contribution in [0.3, 0.4) is 0 Å². The Balaban J connectivity index is 3.00. The minimum absolute atomic E-state index is 0.0661. The van der Waals surface area contributed by atoms with Gasteiger partial charge in [-0.05, 0) is 24.6 Å². The first-order chi connectivity index (χ1) is 8.95. The van der Waals surface area contributed by atoms with Crippen molar-refractivity contribution in [2.24, 2.45) is 5.73 Å². The molecule has 0 aliphatic heterocycles. The number of hydrogen-bond acceptors (Lipinski definition) is 4. The second kappa shape index (κ2) is 6.63. The van der Waals surface area contributed by atoms with Crippen LogP contribution in [0.5, 0.6) is 0 Å². The fraction of sp³-hybridized carbons (Fsp3) is 0.385. The fourth-order valence-electron chi connectivity index (χ4n) is 1.80. The van der Waals surface area contributed by atoms with Crippen LogP contribution in [0, 0.1) is 0 Å². The normalized spacial score (nSPS) is 10.2. The lowest BCUT2D eigenvalue weighted by molar-refractivity contribution is -0.116. The number of nitrogens with zero attached hydrogens (tertiary/aromatic N) is 1. The molecule has 1 amide bonds. The molecule has 0 aliphatic rings. The molecule has 0 unspecified atom stereocenters. The number of unbranched alkanes of at least 4 members (excludes halogenated alkanes) is 1. The van der Waals surface area contributed by atoms with E-state index in [9.17, 15) is 9.59 Å². The third-order valence-corrected chi connectivity index (χ3v) is 2.74. The van der Waals surface area contributed by atoms with E-state index in [2.05, 4.69) is 0 Å². The number of carbonyl (C=O) groups excluding carboxylic acids is 1. The van der Waals surface area contributed by atoms with E-state index in [1.165, 1.54) is 12.1 Å². The number of carboxylic acid groups (broad SMARTS) is 1. The van der Waals surface area contributed by atoms with Gasteiger partial charge in [0, 0.05) is 6.54 Å². The molecule has 0 fully saturated rings. The van der Waals surface area contributed by atoms with Gasteiger partial charge in [0.05, 0.1) is 23.5 Å². The summed E-state index contributed by atoms with van der Waals surface area (Å²) in [6.45, 7) is 2.76. The highest BCUT2D eigenvalue weighted by Crippen LogP contribution is 2.24. The Bertz CT molecular complexity index is 474. The first kappa shape index (κ1) is 14.8. The van der Waals surface area contributed by atoms with Gasteiger partial charge < -0.3 is 21.5 Å². The maximum Gasteiger partial charge on any atom is 0.335 e. The molecule has 19 heavy (non-hydrogen) atoms. The van der Waals surface area contributed by atoms with Gasteiger partial charge in [-0.2, -0.15) is 0 Å². The Hall–Kier alpha value is -2.24. The number of anilines is 2. The highest BCUT2D eigenvalue weighted by molar-refractivity contribution is 5.91. The summed E-state index contributed by atoms with van der Waals surface area (Å²) in [7, 11) is 0. The molecule has 6 heteroatoms. The Kier molecular flexibility index (Phi) is 5.17. The van der Waals surface area contributed by atoms with Gasteiger partial charge in [0.15, 0.2) is 0 Å². The van der Waals surface area contributed by atoms with E-state index in [0.29, 0.717) is 17.9 Å². The third kappa shape index (κ3) is 4.17. The SMILES string of the molecule is CCCCN(CC(N)=O)c1ccc(C(=O)O)cc1N. The van der Waals surface area contributed by atoms with Crippen LogP contribution in [0.2, 0.25) is 0 Å². The smallest absolute Gasteiger partial charge is 0.335 e. The summed E-state index contributed by atoms with van der Waals surface area (Å²) in [5.74, 6) is -1.48. The van der Waals surface area contributed by atoms with Crippen LogP contribution in [0.25, 0.3) is 0 Å². The minimum atomic E-state index is -1.03. The number of carbonyl (C=O) groups is 2. The molecule has 0 heterocycles. The monoisotopic (exact) mass is 265 g/mol. The molecular weight excluding hydrogens is 246 g/mol. The molecule has 0 saturated heterocycles. The molecule has 0 aromatic heterocycles. The fourth-order valence-corrected chi connectivity index (χ4v) is 1.80. The molecule has 0 atom stereocenters. The number of aromatic carboxylic acids is 1. The number of amides is 1. The molecule has 0 radical (unpaired) electrons. The van der Waals surface area contributed by atoms with Gasteiger partial charge >= 0.3 is 5.97 Å². The van der Waals surface area contributed by atoms with E-state index >= 15 is 0 Å². The van der Waals surface area contributed by atoms with Gasteiger partial charge in [0.1, 0.15) is 0 Å². The van der Waals surface area contributed by atoms with E-state index in [4.69, 9.17) is 16.6 Å². The molecule has 0 saturated carbocycles.